The number of ether oxygens (including phenoxy) is 1. The number of H-pyrrole nitrogens is 1. The Bertz CT molecular complexity index is 394. The number of halogens is 1. The summed E-state index contributed by atoms with van der Waals surface area (Å²) >= 11 is 3.04. The Morgan fingerprint density at radius 1 is 1.85 bits per heavy atom. The molecule has 0 spiro atoms. The van der Waals surface area contributed by atoms with Crippen molar-refractivity contribution in [3.05, 3.63) is 21.2 Å². The number of aromatic amines is 1. The van der Waals surface area contributed by atoms with Crippen LogP contribution in [0.2, 0.25) is 0 Å². The lowest BCUT2D eigenvalue weighted by molar-refractivity contribution is 0.265. The van der Waals surface area contributed by atoms with Crippen LogP contribution >= 0.6 is 15.9 Å². The van der Waals surface area contributed by atoms with Crippen molar-refractivity contribution in [2.24, 2.45) is 0 Å². The molecule has 68 valence electrons. The fraction of sp³-hybridized carbons (Fsp3) is 0.250. The second kappa shape index (κ2) is 4.10. The van der Waals surface area contributed by atoms with Crippen LogP contribution in [0.1, 0.15) is 6.92 Å². The van der Waals surface area contributed by atoms with Gasteiger partial charge in [-0.15, -0.1) is 6.42 Å². The molecule has 1 aromatic rings. The minimum atomic E-state index is -0.411. The molecule has 1 N–H and O–H groups in total. The molecule has 1 atom stereocenters. The largest absolute Gasteiger partial charge is 0.460 e. The molecule has 0 aliphatic carbocycles. The molecule has 0 fully saturated rings. The van der Waals surface area contributed by atoms with Gasteiger partial charge in [0.05, 0.1) is 6.33 Å². The van der Waals surface area contributed by atoms with E-state index in [2.05, 4.69) is 31.8 Å². The predicted molar refractivity (Wildman–Crippen MR) is 51.5 cm³/mol. The zero-order valence-corrected chi connectivity index (χ0v) is 8.46. The SMILES string of the molecule is C#CC(C)Oc1nc[nH]c(=O)c1Br. The molecule has 5 heteroatoms. The molecule has 13 heavy (non-hydrogen) atoms. The van der Waals surface area contributed by atoms with Crippen molar-refractivity contribution >= 4 is 15.9 Å². The molecular weight excluding hydrogens is 236 g/mol. The van der Waals surface area contributed by atoms with Crippen LogP contribution in [0.5, 0.6) is 5.88 Å². The van der Waals surface area contributed by atoms with Gasteiger partial charge in [-0.05, 0) is 22.9 Å². The summed E-state index contributed by atoms with van der Waals surface area (Å²) < 4.78 is 5.41. The summed E-state index contributed by atoms with van der Waals surface area (Å²) in [6.45, 7) is 1.69. The van der Waals surface area contributed by atoms with Gasteiger partial charge in [0, 0.05) is 0 Å². The van der Waals surface area contributed by atoms with Crippen molar-refractivity contribution in [1.29, 1.82) is 0 Å². The van der Waals surface area contributed by atoms with Crippen LogP contribution < -0.4 is 10.3 Å². The Morgan fingerprint density at radius 2 is 2.54 bits per heavy atom. The normalized spacial score (nSPS) is 11.8. The Balaban J connectivity index is 2.97. The lowest BCUT2D eigenvalue weighted by Crippen LogP contribution is -2.14. The van der Waals surface area contributed by atoms with Crippen molar-refractivity contribution in [2.75, 3.05) is 0 Å². The van der Waals surface area contributed by atoms with Gasteiger partial charge in [-0.3, -0.25) is 4.79 Å². The Hall–Kier alpha value is -1.28. The third kappa shape index (κ3) is 2.33. The first-order chi connectivity index (χ1) is 6.15. The maximum absolute atomic E-state index is 11.0. The monoisotopic (exact) mass is 242 g/mol. The fourth-order valence-corrected chi connectivity index (χ4v) is 0.961. The highest BCUT2D eigenvalue weighted by atomic mass is 79.9. The molecule has 0 saturated carbocycles. The van der Waals surface area contributed by atoms with E-state index in [9.17, 15) is 4.79 Å². The lowest BCUT2D eigenvalue weighted by atomic mass is 10.4. The van der Waals surface area contributed by atoms with Crippen LogP contribution in [0.15, 0.2) is 15.6 Å². The number of nitrogens with zero attached hydrogens (tertiary/aromatic N) is 1. The van der Waals surface area contributed by atoms with Crippen LogP contribution in [0.25, 0.3) is 0 Å². The minimum absolute atomic E-state index is 0.203. The maximum Gasteiger partial charge on any atom is 0.268 e. The molecule has 0 aromatic carbocycles. The molecule has 1 rings (SSSR count). The van der Waals surface area contributed by atoms with E-state index in [4.69, 9.17) is 11.2 Å². The van der Waals surface area contributed by atoms with E-state index >= 15 is 0 Å². The highest BCUT2D eigenvalue weighted by molar-refractivity contribution is 9.10. The average molecular weight is 243 g/mol. The summed E-state index contributed by atoms with van der Waals surface area (Å²) in [5.41, 5.74) is -0.297. The summed E-state index contributed by atoms with van der Waals surface area (Å²) in [5.74, 6) is 2.57. The number of aromatic nitrogens is 2. The molecule has 0 amide bonds. The van der Waals surface area contributed by atoms with Gasteiger partial charge >= 0.3 is 0 Å². The molecule has 0 radical (unpaired) electrons. The minimum Gasteiger partial charge on any atom is -0.460 e. The molecule has 4 nitrogen and oxygen atoms in total. The lowest BCUT2D eigenvalue weighted by Gasteiger charge is -2.07. The molecule has 0 saturated heterocycles. The van der Waals surface area contributed by atoms with E-state index in [1.165, 1.54) is 6.33 Å². The van der Waals surface area contributed by atoms with E-state index < -0.39 is 6.10 Å². The van der Waals surface area contributed by atoms with Gasteiger partial charge in [0.2, 0.25) is 5.88 Å². The fourth-order valence-electron chi connectivity index (χ4n) is 0.650. The van der Waals surface area contributed by atoms with E-state index in [0.717, 1.165) is 0 Å². The number of terminal acetylenes is 1. The van der Waals surface area contributed by atoms with E-state index in [0.29, 0.717) is 0 Å². The van der Waals surface area contributed by atoms with Crippen molar-refractivity contribution in [3.8, 4) is 18.2 Å². The molecule has 0 aliphatic heterocycles. The smallest absolute Gasteiger partial charge is 0.268 e. The highest BCUT2D eigenvalue weighted by Crippen LogP contribution is 2.16. The summed E-state index contributed by atoms with van der Waals surface area (Å²) in [6, 6.07) is 0. The van der Waals surface area contributed by atoms with Crippen molar-refractivity contribution < 1.29 is 4.74 Å². The first-order valence-corrected chi connectivity index (χ1v) is 4.30. The number of nitrogens with one attached hydrogen (secondary N) is 1. The average Bonchev–Trinajstić information content (AvgIpc) is 2.13. The van der Waals surface area contributed by atoms with Gasteiger partial charge in [-0.1, -0.05) is 5.92 Å². The van der Waals surface area contributed by atoms with Gasteiger partial charge in [0.1, 0.15) is 4.47 Å². The topological polar surface area (TPSA) is 55.0 Å². The maximum atomic E-state index is 11.0. The van der Waals surface area contributed by atoms with E-state index in [-0.39, 0.29) is 15.9 Å². The van der Waals surface area contributed by atoms with Gasteiger partial charge in [-0.25, -0.2) is 4.98 Å². The molecule has 1 aromatic heterocycles. The second-order valence-corrected chi connectivity index (χ2v) is 3.07. The van der Waals surface area contributed by atoms with E-state index in [1.807, 2.05) is 0 Å². The van der Waals surface area contributed by atoms with Crippen LogP contribution in [-0.4, -0.2) is 16.1 Å². The molecule has 1 heterocycles. The van der Waals surface area contributed by atoms with Crippen LogP contribution in [-0.2, 0) is 0 Å². The number of hydrogen-bond acceptors (Lipinski definition) is 3. The van der Waals surface area contributed by atoms with Gasteiger partial charge in [0.15, 0.2) is 6.10 Å². The van der Waals surface area contributed by atoms with E-state index in [1.54, 1.807) is 6.92 Å². The van der Waals surface area contributed by atoms with Gasteiger partial charge in [0.25, 0.3) is 5.56 Å². The molecule has 0 bridgehead atoms. The third-order valence-electron chi connectivity index (χ3n) is 1.29. The Labute approximate surface area is 83.5 Å². The van der Waals surface area contributed by atoms with Crippen molar-refractivity contribution in [3.63, 3.8) is 0 Å². The summed E-state index contributed by atoms with van der Waals surface area (Å²) in [6.07, 6.45) is 5.95. The quantitative estimate of drug-likeness (QED) is 0.786. The number of hydrogen-bond donors (Lipinski definition) is 1. The zero-order chi connectivity index (χ0) is 9.84. The first-order valence-electron chi connectivity index (χ1n) is 3.51. The van der Waals surface area contributed by atoms with Crippen LogP contribution in [0, 0.1) is 12.3 Å². The summed E-state index contributed by atoms with van der Waals surface area (Å²) in [7, 11) is 0. The highest BCUT2D eigenvalue weighted by Gasteiger charge is 2.08. The zero-order valence-electron chi connectivity index (χ0n) is 6.87. The second-order valence-electron chi connectivity index (χ2n) is 2.28. The number of rotatable bonds is 2. The third-order valence-corrected chi connectivity index (χ3v) is 1.99. The Kier molecular flexibility index (Phi) is 3.09. The summed E-state index contributed by atoms with van der Waals surface area (Å²) in [5, 5.41) is 0. The first kappa shape index (κ1) is 9.81. The van der Waals surface area contributed by atoms with Crippen LogP contribution in [0.4, 0.5) is 0 Å². The van der Waals surface area contributed by atoms with Gasteiger partial charge in [-0.2, -0.15) is 0 Å². The van der Waals surface area contributed by atoms with Gasteiger partial charge < -0.3 is 9.72 Å². The Morgan fingerprint density at radius 3 is 3.15 bits per heavy atom. The molecular formula is C8H7BrN2O2. The standard InChI is InChI=1S/C8H7BrN2O2/c1-3-5(2)13-8-6(9)7(12)10-4-11-8/h1,4-5H,2H3,(H,10,11,12). The molecule has 1 unspecified atom stereocenters. The predicted octanol–water partition coefficient (Wildman–Crippen LogP) is 0.933. The van der Waals surface area contributed by atoms with Crippen LogP contribution in [0.3, 0.4) is 0 Å². The van der Waals surface area contributed by atoms with Crippen molar-refractivity contribution in [2.45, 2.75) is 13.0 Å². The molecule has 0 aliphatic rings. The van der Waals surface area contributed by atoms with Crippen molar-refractivity contribution in [1.82, 2.24) is 9.97 Å². The summed E-state index contributed by atoms with van der Waals surface area (Å²) in [4.78, 5) is 17.2.